The van der Waals surface area contributed by atoms with Crippen molar-refractivity contribution in [3.8, 4) is 22.8 Å². The molecule has 1 N–H and O–H groups in total. The zero-order valence-electron chi connectivity index (χ0n) is 20.9. The summed E-state index contributed by atoms with van der Waals surface area (Å²) < 4.78 is 24.7. The molecule has 8 heteroatoms. The van der Waals surface area contributed by atoms with Crippen molar-refractivity contribution in [2.75, 3.05) is 7.11 Å². The van der Waals surface area contributed by atoms with Crippen LogP contribution >= 0.6 is 11.6 Å². The smallest absolute Gasteiger partial charge is 0.272 e. The molecule has 0 fully saturated rings. The Labute approximate surface area is 229 Å². The Morgan fingerprint density at radius 1 is 1.00 bits per heavy atom. The molecule has 39 heavy (non-hydrogen) atoms. The zero-order valence-corrected chi connectivity index (χ0v) is 21.7. The molecule has 5 rings (SSSR count). The van der Waals surface area contributed by atoms with Crippen LogP contribution in [0.25, 0.3) is 22.2 Å². The van der Waals surface area contributed by atoms with Gasteiger partial charge in [-0.2, -0.15) is 5.10 Å². The van der Waals surface area contributed by atoms with Crippen LogP contribution in [0.1, 0.15) is 21.5 Å². The van der Waals surface area contributed by atoms with E-state index < -0.39 is 0 Å². The van der Waals surface area contributed by atoms with Gasteiger partial charge in [0.15, 0.2) is 11.5 Å². The zero-order chi connectivity index (χ0) is 27.2. The Morgan fingerprint density at radius 2 is 1.79 bits per heavy atom. The molecule has 0 aliphatic carbocycles. The highest BCUT2D eigenvalue weighted by Crippen LogP contribution is 2.36. The fourth-order valence-corrected chi connectivity index (χ4v) is 4.36. The predicted molar refractivity (Wildman–Crippen MR) is 151 cm³/mol. The fourth-order valence-electron chi connectivity index (χ4n) is 4.08. The third-order valence-corrected chi connectivity index (χ3v) is 6.21. The molecule has 0 aliphatic heterocycles. The molecular formula is C31H23ClFN3O3. The molecule has 4 aromatic carbocycles. The van der Waals surface area contributed by atoms with Gasteiger partial charge in [0.05, 0.1) is 35.1 Å². The number of carbonyl (C=O) groups excluding carboxylic acids is 1. The van der Waals surface area contributed by atoms with E-state index in [-0.39, 0.29) is 23.4 Å². The van der Waals surface area contributed by atoms with Gasteiger partial charge in [-0.05, 0) is 47.5 Å². The van der Waals surface area contributed by atoms with Crippen LogP contribution in [0.3, 0.4) is 0 Å². The molecule has 0 radical (unpaired) electrons. The first kappa shape index (κ1) is 25.9. The van der Waals surface area contributed by atoms with Gasteiger partial charge < -0.3 is 9.47 Å². The summed E-state index contributed by atoms with van der Waals surface area (Å²) in [6.45, 7) is 0.113. The lowest BCUT2D eigenvalue weighted by molar-refractivity contribution is 0.0956. The summed E-state index contributed by atoms with van der Waals surface area (Å²) in [5.41, 5.74) is 6.58. The van der Waals surface area contributed by atoms with Crippen LogP contribution < -0.4 is 14.9 Å². The van der Waals surface area contributed by atoms with E-state index in [0.29, 0.717) is 39.4 Å². The van der Waals surface area contributed by atoms with Crippen LogP contribution in [-0.4, -0.2) is 24.2 Å². The number of nitrogens with zero attached hydrogens (tertiary/aromatic N) is 2. The summed E-state index contributed by atoms with van der Waals surface area (Å²) in [4.78, 5) is 17.9. The summed E-state index contributed by atoms with van der Waals surface area (Å²) in [6, 6.07) is 28.3. The molecule has 0 spiro atoms. The molecule has 194 valence electrons. The van der Waals surface area contributed by atoms with Crippen LogP contribution in [-0.2, 0) is 6.61 Å². The molecule has 0 aliphatic rings. The lowest BCUT2D eigenvalue weighted by Crippen LogP contribution is -2.18. The number of hydrogen-bond donors (Lipinski definition) is 1. The third-order valence-electron chi connectivity index (χ3n) is 5.93. The summed E-state index contributed by atoms with van der Waals surface area (Å²) in [7, 11) is 1.49. The minimum atomic E-state index is -0.380. The maximum atomic E-state index is 13.5. The normalized spacial score (nSPS) is 11.1. The van der Waals surface area contributed by atoms with Crippen molar-refractivity contribution in [2.45, 2.75) is 6.61 Å². The van der Waals surface area contributed by atoms with Gasteiger partial charge >= 0.3 is 0 Å². The number of halogens is 2. The van der Waals surface area contributed by atoms with E-state index in [9.17, 15) is 9.18 Å². The van der Waals surface area contributed by atoms with Gasteiger partial charge in [-0.3, -0.25) is 4.79 Å². The Hall–Kier alpha value is -4.75. The van der Waals surface area contributed by atoms with Gasteiger partial charge in [0.25, 0.3) is 5.91 Å². The lowest BCUT2D eigenvalue weighted by atomic mass is 10.0. The van der Waals surface area contributed by atoms with Crippen molar-refractivity contribution in [2.24, 2.45) is 5.10 Å². The predicted octanol–water partition coefficient (Wildman–Crippen LogP) is 7.05. The van der Waals surface area contributed by atoms with Gasteiger partial charge in [-0.1, -0.05) is 72.3 Å². The number of methoxy groups -OCH3 is 1. The molecule has 0 atom stereocenters. The highest BCUT2D eigenvalue weighted by Gasteiger charge is 2.15. The Kier molecular flexibility index (Phi) is 7.80. The van der Waals surface area contributed by atoms with Crippen molar-refractivity contribution < 1.29 is 18.7 Å². The van der Waals surface area contributed by atoms with Crippen LogP contribution in [0, 0.1) is 5.82 Å². The average Bonchev–Trinajstić information content (AvgIpc) is 2.96. The largest absolute Gasteiger partial charge is 0.493 e. The van der Waals surface area contributed by atoms with E-state index >= 15 is 0 Å². The number of aromatic nitrogens is 1. The van der Waals surface area contributed by atoms with E-state index in [1.807, 2.05) is 54.6 Å². The molecule has 0 bridgehead atoms. The van der Waals surface area contributed by atoms with Gasteiger partial charge in [-0.25, -0.2) is 14.8 Å². The Balaban J connectivity index is 1.35. The van der Waals surface area contributed by atoms with Gasteiger partial charge in [0, 0.05) is 10.9 Å². The lowest BCUT2D eigenvalue weighted by Gasteiger charge is -2.13. The number of nitrogens with one attached hydrogen (secondary N) is 1. The second-order valence-electron chi connectivity index (χ2n) is 8.59. The van der Waals surface area contributed by atoms with Crippen LogP contribution in [0.15, 0.2) is 102 Å². The number of hydrazone groups is 1. The minimum absolute atomic E-state index is 0.113. The SMILES string of the molecule is COc1cc(/C=N/NC(=O)c2cc(-c3ccccc3)nc3ccccc23)cc(Cl)c1OCc1cccc(F)c1. The van der Waals surface area contributed by atoms with Gasteiger partial charge in [0.2, 0.25) is 0 Å². The molecule has 1 amide bonds. The number of benzene rings is 4. The monoisotopic (exact) mass is 539 g/mol. The quantitative estimate of drug-likeness (QED) is 0.169. The third kappa shape index (κ3) is 6.05. The summed E-state index contributed by atoms with van der Waals surface area (Å²) in [6.07, 6.45) is 1.46. The molecule has 0 saturated heterocycles. The fraction of sp³-hybridized carbons (Fsp3) is 0.0645. The summed E-state index contributed by atoms with van der Waals surface area (Å²) in [5, 5.41) is 5.14. The number of para-hydroxylation sites is 1. The highest BCUT2D eigenvalue weighted by atomic mass is 35.5. The van der Waals surface area contributed by atoms with E-state index in [1.165, 1.54) is 25.5 Å². The summed E-state index contributed by atoms with van der Waals surface area (Å²) >= 11 is 6.45. The minimum Gasteiger partial charge on any atom is -0.493 e. The van der Waals surface area contributed by atoms with Crippen molar-refractivity contribution >= 4 is 34.6 Å². The van der Waals surface area contributed by atoms with Crippen molar-refractivity contribution in [3.63, 3.8) is 0 Å². The van der Waals surface area contributed by atoms with E-state index in [1.54, 1.807) is 30.3 Å². The maximum absolute atomic E-state index is 13.5. The first-order valence-corrected chi connectivity index (χ1v) is 12.4. The van der Waals surface area contributed by atoms with E-state index in [4.69, 9.17) is 26.1 Å². The Morgan fingerprint density at radius 3 is 2.59 bits per heavy atom. The van der Waals surface area contributed by atoms with Crippen molar-refractivity contribution in [3.05, 3.63) is 125 Å². The van der Waals surface area contributed by atoms with Gasteiger partial charge in [-0.15, -0.1) is 0 Å². The molecule has 5 aromatic rings. The van der Waals surface area contributed by atoms with Gasteiger partial charge in [0.1, 0.15) is 12.4 Å². The summed E-state index contributed by atoms with van der Waals surface area (Å²) in [5.74, 6) is -0.0328. The molecule has 0 unspecified atom stereocenters. The molecule has 6 nitrogen and oxygen atoms in total. The average molecular weight is 540 g/mol. The molecule has 0 saturated carbocycles. The molecule has 1 aromatic heterocycles. The Bertz CT molecular complexity index is 1680. The molecule has 1 heterocycles. The number of hydrogen-bond acceptors (Lipinski definition) is 5. The second kappa shape index (κ2) is 11.8. The number of fused-ring (bicyclic) bond motifs is 1. The van der Waals surface area contributed by atoms with E-state index in [0.717, 1.165) is 10.9 Å². The second-order valence-corrected chi connectivity index (χ2v) is 9.00. The number of ether oxygens (including phenoxy) is 2. The van der Waals surface area contributed by atoms with Crippen LogP contribution in [0.5, 0.6) is 11.5 Å². The number of carbonyl (C=O) groups is 1. The molecular weight excluding hydrogens is 517 g/mol. The number of pyridine rings is 1. The van der Waals surface area contributed by atoms with Crippen molar-refractivity contribution in [1.82, 2.24) is 10.4 Å². The maximum Gasteiger partial charge on any atom is 0.272 e. The van der Waals surface area contributed by atoms with Crippen molar-refractivity contribution in [1.29, 1.82) is 0 Å². The topological polar surface area (TPSA) is 72.8 Å². The first-order valence-electron chi connectivity index (χ1n) is 12.0. The van der Waals surface area contributed by atoms with Crippen LogP contribution in [0.4, 0.5) is 4.39 Å². The van der Waals surface area contributed by atoms with Crippen LogP contribution in [0.2, 0.25) is 5.02 Å². The number of rotatable bonds is 8. The van der Waals surface area contributed by atoms with E-state index in [2.05, 4.69) is 10.5 Å². The standard InChI is InChI=1S/C31H23ClFN3O3/c1-38-29-16-21(15-26(32)30(29)39-19-20-8-7-11-23(33)14-20)18-34-36-31(37)25-17-28(22-9-3-2-4-10-22)35-27-13-6-5-12-24(25)27/h2-18H,19H2,1H3,(H,36,37)/b34-18+. The number of amides is 1. The first-order chi connectivity index (χ1) is 19.0. The highest BCUT2D eigenvalue weighted by molar-refractivity contribution is 6.32.